The fourth-order valence-electron chi connectivity index (χ4n) is 3.16. The SMILES string of the molecule is CN(C1CCN(Cc2cc(F)ccc2F)CC1)S(=O)(=O)C1CC1. The lowest BCUT2D eigenvalue weighted by Crippen LogP contribution is -2.46. The Morgan fingerprint density at radius 2 is 1.83 bits per heavy atom. The number of hydrogen-bond acceptors (Lipinski definition) is 3. The number of halogens is 2. The highest BCUT2D eigenvalue weighted by atomic mass is 32.2. The normalized spacial score (nSPS) is 21.0. The van der Waals surface area contributed by atoms with Gasteiger partial charge in [-0.3, -0.25) is 4.90 Å². The summed E-state index contributed by atoms with van der Waals surface area (Å²) in [6.45, 7) is 1.73. The molecule has 0 amide bonds. The quantitative estimate of drug-likeness (QED) is 0.823. The summed E-state index contributed by atoms with van der Waals surface area (Å²) in [6, 6.07) is 3.50. The molecule has 0 unspecified atom stereocenters. The Morgan fingerprint density at radius 3 is 2.43 bits per heavy atom. The first kappa shape index (κ1) is 16.8. The number of sulfonamides is 1. The van der Waals surface area contributed by atoms with Crippen molar-refractivity contribution in [2.75, 3.05) is 20.1 Å². The first-order valence-electron chi connectivity index (χ1n) is 8.01. The maximum Gasteiger partial charge on any atom is 0.216 e. The fourth-order valence-corrected chi connectivity index (χ4v) is 4.98. The lowest BCUT2D eigenvalue weighted by atomic mass is 10.0. The minimum atomic E-state index is -3.15. The van der Waals surface area contributed by atoms with Gasteiger partial charge in [-0.25, -0.2) is 21.5 Å². The second-order valence-corrected chi connectivity index (χ2v) is 8.78. The van der Waals surface area contributed by atoms with Crippen molar-refractivity contribution in [1.82, 2.24) is 9.21 Å². The fraction of sp³-hybridized carbons (Fsp3) is 0.625. The van der Waals surface area contributed by atoms with Gasteiger partial charge in [0, 0.05) is 38.3 Å². The molecule has 3 rings (SSSR count). The van der Waals surface area contributed by atoms with Crippen LogP contribution >= 0.6 is 0 Å². The van der Waals surface area contributed by atoms with Crippen LogP contribution in [0.4, 0.5) is 8.78 Å². The molecule has 1 aliphatic heterocycles. The Bertz CT molecular complexity index is 669. The summed E-state index contributed by atoms with van der Waals surface area (Å²) < 4.78 is 53.0. The highest BCUT2D eigenvalue weighted by molar-refractivity contribution is 7.90. The van der Waals surface area contributed by atoms with E-state index >= 15 is 0 Å². The molecule has 1 aromatic rings. The van der Waals surface area contributed by atoms with Crippen LogP contribution in [-0.4, -0.2) is 49.1 Å². The first-order chi connectivity index (χ1) is 10.9. The molecule has 2 fully saturated rings. The third kappa shape index (κ3) is 3.72. The monoisotopic (exact) mass is 344 g/mol. The molecule has 0 N–H and O–H groups in total. The second kappa shape index (κ2) is 6.45. The van der Waals surface area contributed by atoms with Crippen LogP contribution in [0.2, 0.25) is 0 Å². The summed E-state index contributed by atoms with van der Waals surface area (Å²) in [5, 5.41) is -0.188. The standard InChI is InChI=1S/C16H22F2N2O2S/c1-19(23(21,22)15-3-4-15)14-6-8-20(9-7-14)11-12-10-13(17)2-5-16(12)18/h2,5,10,14-15H,3-4,6-9,11H2,1H3. The highest BCUT2D eigenvalue weighted by Gasteiger charge is 2.41. The number of nitrogens with zero attached hydrogens (tertiary/aromatic N) is 2. The van der Waals surface area contributed by atoms with Crippen LogP contribution in [0.5, 0.6) is 0 Å². The smallest absolute Gasteiger partial charge is 0.216 e. The maximum atomic E-state index is 13.7. The molecule has 1 aliphatic carbocycles. The first-order valence-corrected chi connectivity index (χ1v) is 9.51. The van der Waals surface area contributed by atoms with Crippen LogP contribution in [0, 0.1) is 11.6 Å². The molecule has 1 aromatic carbocycles. The maximum absolute atomic E-state index is 13.7. The molecule has 0 spiro atoms. The van der Waals surface area contributed by atoms with E-state index in [-0.39, 0.29) is 11.3 Å². The summed E-state index contributed by atoms with van der Waals surface area (Å²) in [4.78, 5) is 2.05. The lowest BCUT2D eigenvalue weighted by Gasteiger charge is -2.36. The second-order valence-electron chi connectivity index (χ2n) is 6.50. The van der Waals surface area contributed by atoms with Crippen LogP contribution < -0.4 is 0 Å². The minimum Gasteiger partial charge on any atom is -0.299 e. The predicted molar refractivity (Wildman–Crippen MR) is 84.4 cm³/mol. The highest BCUT2D eigenvalue weighted by Crippen LogP contribution is 2.32. The van der Waals surface area contributed by atoms with Gasteiger partial charge in [0.15, 0.2) is 0 Å². The van der Waals surface area contributed by atoms with Crippen molar-refractivity contribution in [2.24, 2.45) is 0 Å². The van der Waals surface area contributed by atoms with Crippen LogP contribution in [-0.2, 0) is 16.6 Å². The van der Waals surface area contributed by atoms with Gasteiger partial charge in [0.05, 0.1) is 5.25 Å². The number of likely N-dealkylation sites (tertiary alicyclic amines) is 1. The van der Waals surface area contributed by atoms with Gasteiger partial charge in [-0.2, -0.15) is 0 Å². The summed E-state index contributed by atoms with van der Waals surface area (Å²) in [7, 11) is -1.48. The van der Waals surface area contributed by atoms with Crippen LogP contribution in [0.1, 0.15) is 31.2 Å². The van der Waals surface area contributed by atoms with E-state index in [1.807, 2.05) is 4.90 Å². The zero-order valence-corrected chi connectivity index (χ0v) is 14.0. The minimum absolute atomic E-state index is 0.00852. The molecule has 128 valence electrons. The molecule has 1 saturated carbocycles. The number of hydrogen-bond donors (Lipinski definition) is 0. The van der Waals surface area contributed by atoms with Crippen molar-refractivity contribution in [2.45, 2.75) is 43.5 Å². The third-order valence-corrected chi connectivity index (χ3v) is 7.23. The van der Waals surface area contributed by atoms with Gasteiger partial charge >= 0.3 is 0 Å². The predicted octanol–water partition coefficient (Wildman–Crippen LogP) is 2.35. The molecule has 7 heteroatoms. The van der Waals surface area contributed by atoms with E-state index in [9.17, 15) is 17.2 Å². The summed E-state index contributed by atoms with van der Waals surface area (Å²) in [5.74, 6) is -0.839. The zero-order valence-electron chi connectivity index (χ0n) is 13.2. The Balaban J connectivity index is 1.57. The Kier molecular flexibility index (Phi) is 4.71. The molecular weight excluding hydrogens is 322 g/mol. The largest absolute Gasteiger partial charge is 0.299 e. The van der Waals surface area contributed by atoms with Gasteiger partial charge < -0.3 is 0 Å². The molecule has 0 aromatic heterocycles. The van der Waals surface area contributed by atoms with Crippen molar-refractivity contribution in [3.05, 3.63) is 35.4 Å². The van der Waals surface area contributed by atoms with E-state index in [2.05, 4.69) is 0 Å². The Morgan fingerprint density at radius 1 is 1.17 bits per heavy atom. The Hall–Kier alpha value is -1.05. The van der Waals surface area contributed by atoms with Crippen LogP contribution in [0.25, 0.3) is 0 Å². The van der Waals surface area contributed by atoms with Gasteiger partial charge in [0.25, 0.3) is 0 Å². The lowest BCUT2D eigenvalue weighted by molar-refractivity contribution is 0.162. The Labute approximate surface area is 136 Å². The van der Waals surface area contributed by atoms with Crippen molar-refractivity contribution < 1.29 is 17.2 Å². The van der Waals surface area contributed by atoms with Gasteiger partial charge in [-0.1, -0.05) is 0 Å². The average molecular weight is 344 g/mol. The summed E-state index contributed by atoms with van der Waals surface area (Å²) in [6.07, 6.45) is 2.98. The summed E-state index contributed by atoms with van der Waals surface area (Å²) >= 11 is 0. The molecule has 0 bridgehead atoms. The van der Waals surface area contributed by atoms with Crippen molar-refractivity contribution >= 4 is 10.0 Å². The molecular formula is C16H22F2N2O2S. The molecule has 23 heavy (non-hydrogen) atoms. The number of rotatable bonds is 5. The van der Waals surface area contributed by atoms with E-state index in [0.29, 0.717) is 25.2 Å². The average Bonchev–Trinajstić information content (AvgIpc) is 3.36. The number of piperidine rings is 1. The van der Waals surface area contributed by atoms with Gasteiger partial charge in [-0.05, 0) is 43.9 Å². The van der Waals surface area contributed by atoms with Crippen LogP contribution in [0.3, 0.4) is 0 Å². The third-order valence-electron chi connectivity index (χ3n) is 4.82. The van der Waals surface area contributed by atoms with Crippen molar-refractivity contribution in [3.8, 4) is 0 Å². The van der Waals surface area contributed by atoms with Gasteiger partial charge in [0.1, 0.15) is 11.6 Å². The molecule has 0 atom stereocenters. The number of benzene rings is 1. The molecule has 1 heterocycles. The topological polar surface area (TPSA) is 40.6 Å². The van der Waals surface area contributed by atoms with E-state index in [4.69, 9.17) is 0 Å². The van der Waals surface area contributed by atoms with Crippen molar-refractivity contribution in [1.29, 1.82) is 0 Å². The molecule has 4 nitrogen and oxygen atoms in total. The molecule has 2 aliphatic rings. The summed E-state index contributed by atoms with van der Waals surface area (Å²) in [5.41, 5.74) is 0.349. The van der Waals surface area contributed by atoms with Gasteiger partial charge in [-0.15, -0.1) is 0 Å². The molecule has 0 radical (unpaired) electrons. The zero-order chi connectivity index (χ0) is 16.6. The molecule has 1 saturated heterocycles. The van der Waals surface area contributed by atoms with Crippen LogP contribution in [0.15, 0.2) is 18.2 Å². The van der Waals surface area contributed by atoms with Gasteiger partial charge in [0.2, 0.25) is 10.0 Å². The van der Waals surface area contributed by atoms with E-state index in [1.54, 1.807) is 7.05 Å². The van der Waals surface area contributed by atoms with E-state index < -0.39 is 21.7 Å². The van der Waals surface area contributed by atoms with E-state index in [0.717, 1.165) is 37.8 Å². The van der Waals surface area contributed by atoms with Crippen molar-refractivity contribution in [3.63, 3.8) is 0 Å². The van der Waals surface area contributed by atoms with E-state index in [1.165, 1.54) is 10.4 Å².